The molecular weight excluding hydrogens is 467 g/mol. The molecule has 6 nitrogen and oxygen atoms in total. The van der Waals surface area contributed by atoms with Gasteiger partial charge in [-0.15, -0.1) is 10.2 Å². The normalized spacial score (nSPS) is 11.4. The number of hydrogen-bond acceptors (Lipinski definition) is 5. The number of benzene rings is 2. The number of anilines is 1. The van der Waals surface area contributed by atoms with Gasteiger partial charge in [0.1, 0.15) is 12.4 Å². The molecule has 0 aliphatic carbocycles. The highest BCUT2D eigenvalue weighted by atomic mass is 35.5. The predicted octanol–water partition coefficient (Wildman–Crippen LogP) is 6.21. The highest BCUT2D eigenvalue weighted by Crippen LogP contribution is 2.27. The summed E-state index contributed by atoms with van der Waals surface area (Å²) in [6.07, 6.45) is 0. The number of carbonyl (C=O) groups is 1. The van der Waals surface area contributed by atoms with Crippen LogP contribution in [0.5, 0.6) is 5.75 Å². The molecule has 32 heavy (non-hydrogen) atoms. The molecule has 9 heteroatoms. The molecule has 1 heterocycles. The highest BCUT2D eigenvalue weighted by Gasteiger charge is 2.16. The molecule has 0 saturated heterocycles. The van der Waals surface area contributed by atoms with Gasteiger partial charge in [0.25, 0.3) is 0 Å². The third-order valence-electron chi connectivity index (χ3n) is 4.73. The van der Waals surface area contributed by atoms with Crippen molar-refractivity contribution in [3.63, 3.8) is 0 Å². The molecule has 0 aliphatic heterocycles. The first kappa shape index (κ1) is 24.4. The largest absolute Gasteiger partial charge is 0.486 e. The highest BCUT2D eigenvalue weighted by molar-refractivity contribution is 7.99. The topological polar surface area (TPSA) is 69.0 Å². The summed E-state index contributed by atoms with van der Waals surface area (Å²) in [5, 5.41) is 12.8. The van der Waals surface area contributed by atoms with Crippen LogP contribution in [0.3, 0.4) is 0 Å². The summed E-state index contributed by atoms with van der Waals surface area (Å²) < 4.78 is 7.84. The Bertz CT molecular complexity index is 1080. The van der Waals surface area contributed by atoms with Gasteiger partial charge in [0.05, 0.1) is 16.5 Å². The molecule has 3 rings (SSSR count). The van der Waals surface area contributed by atoms with Crippen LogP contribution in [0.1, 0.15) is 39.1 Å². The Labute approximate surface area is 202 Å². The average Bonchev–Trinajstić information content (AvgIpc) is 3.15. The second-order valence-electron chi connectivity index (χ2n) is 8.17. The molecule has 0 spiro atoms. The molecule has 1 aromatic heterocycles. The standard InChI is InChI=1S/C23H26Cl2N4O2S/c1-5-29-20(13-31-17-9-6-15(7-10-17)23(2,3)4)27-28-22(29)32-14-21(30)26-19-12-16(24)8-11-18(19)25/h6-12H,5,13-14H2,1-4H3,(H,26,30). The zero-order valence-corrected chi connectivity index (χ0v) is 20.8. The lowest BCUT2D eigenvalue weighted by atomic mass is 9.87. The van der Waals surface area contributed by atoms with E-state index in [4.69, 9.17) is 27.9 Å². The van der Waals surface area contributed by atoms with Crippen molar-refractivity contribution in [3.05, 3.63) is 63.9 Å². The molecule has 0 fully saturated rings. The number of hydrogen-bond donors (Lipinski definition) is 1. The maximum absolute atomic E-state index is 12.3. The summed E-state index contributed by atoms with van der Waals surface area (Å²) in [7, 11) is 0. The molecule has 0 radical (unpaired) electrons. The Morgan fingerprint density at radius 3 is 2.50 bits per heavy atom. The predicted molar refractivity (Wildman–Crippen MR) is 131 cm³/mol. The van der Waals surface area contributed by atoms with Gasteiger partial charge in [0, 0.05) is 11.6 Å². The summed E-state index contributed by atoms with van der Waals surface area (Å²) in [6, 6.07) is 13.0. The molecule has 170 valence electrons. The number of nitrogens with one attached hydrogen (secondary N) is 1. The number of nitrogens with zero attached hydrogens (tertiary/aromatic N) is 3. The van der Waals surface area contributed by atoms with Gasteiger partial charge in [-0.05, 0) is 48.2 Å². The lowest BCUT2D eigenvalue weighted by Crippen LogP contribution is -2.15. The van der Waals surface area contributed by atoms with Crippen molar-refractivity contribution >= 4 is 46.6 Å². The number of carbonyl (C=O) groups excluding carboxylic acids is 1. The smallest absolute Gasteiger partial charge is 0.234 e. The first-order valence-electron chi connectivity index (χ1n) is 10.2. The van der Waals surface area contributed by atoms with Crippen LogP contribution in [0.15, 0.2) is 47.6 Å². The van der Waals surface area contributed by atoms with E-state index in [-0.39, 0.29) is 17.1 Å². The van der Waals surface area contributed by atoms with Gasteiger partial charge in [0.15, 0.2) is 11.0 Å². The Kier molecular flexibility index (Phi) is 8.09. The molecule has 2 aromatic carbocycles. The van der Waals surface area contributed by atoms with E-state index in [1.54, 1.807) is 18.2 Å². The lowest BCUT2D eigenvalue weighted by molar-refractivity contribution is -0.113. The summed E-state index contributed by atoms with van der Waals surface area (Å²) in [5.74, 6) is 1.43. The van der Waals surface area contributed by atoms with Gasteiger partial charge in [0.2, 0.25) is 5.91 Å². The van der Waals surface area contributed by atoms with E-state index < -0.39 is 0 Å². The van der Waals surface area contributed by atoms with Crippen LogP contribution in [-0.4, -0.2) is 26.4 Å². The van der Waals surface area contributed by atoms with E-state index in [0.29, 0.717) is 39.9 Å². The minimum absolute atomic E-state index is 0.0947. The fraction of sp³-hybridized carbons (Fsp3) is 0.348. The second kappa shape index (κ2) is 10.6. The molecule has 0 aliphatic rings. The number of aromatic nitrogens is 3. The summed E-state index contributed by atoms with van der Waals surface area (Å²) >= 11 is 13.4. The van der Waals surface area contributed by atoms with Crippen LogP contribution >= 0.6 is 35.0 Å². The SMILES string of the molecule is CCn1c(COc2ccc(C(C)(C)C)cc2)nnc1SCC(=O)Nc1cc(Cl)ccc1Cl. The Balaban J connectivity index is 1.58. The van der Waals surface area contributed by atoms with Gasteiger partial charge < -0.3 is 14.6 Å². The number of rotatable bonds is 8. The van der Waals surface area contributed by atoms with Gasteiger partial charge in [-0.1, -0.05) is 67.9 Å². The molecule has 1 amide bonds. The van der Waals surface area contributed by atoms with Gasteiger partial charge in [-0.25, -0.2) is 0 Å². The van der Waals surface area contributed by atoms with Gasteiger partial charge in [-0.3, -0.25) is 4.79 Å². The van der Waals surface area contributed by atoms with Gasteiger partial charge in [-0.2, -0.15) is 0 Å². The van der Waals surface area contributed by atoms with E-state index in [0.717, 1.165) is 5.75 Å². The average molecular weight is 493 g/mol. The van der Waals surface area contributed by atoms with Crippen molar-refractivity contribution in [3.8, 4) is 5.75 Å². The summed E-state index contributed by atoms with van der Waals surface area (Å²) in [4.78, 5) is 12.3. The van der Waals surface area contributed by atoms with E-state index in [1.165, 1.54) is 17.3 Å². The van der Waals surface area contributed by atoms with Crippen molar-refractivity contribution in [1.29, 1.82) is 0 Å². The van der Waals surface area contributed by atoms with Gasteiger partial charge >= 0.3 is 0 Å². The van der Waals surface area contributed by atoms with Crippen LogP contribution < -0.4 is 10.1 Å². The number of amides is 1. The second-order valence-corrected chi connectivity index (χ2v) is 9.95. The molecule has 0 atom stereocenters. The van der Waals surface area contributed by atoms with Crippen LogP contribution in [0.4, 0.5) is 5.69 Å². The molecule has 0 saturated carbocycles. The number of thioether (sulfide) groups is 1. The maximum Gasteiger partial charge on any atom is 0.234 e. The van der Waals surface area contributed by atoms with E-state index in [2.05, 4.69) is 48.4 Å². The van der Waals surface area contributed by atoms with E-state index >= 15 is 0 Å². The monoisotopic (exact) mass is 492 g/mol. The Hall–Kier alpha value is -2.22. The van der Waals surface area contributed by atoms with Crippen molar-refractivity contribution in [1.82, 2.24) is 14.8 Å². The summed E-state index contributed by atoms with van der Waals surface area (Å²) in [5.41, 5.74) is 1.82. The Morgan fingerprint density at radius 2 is 1.84 bits per heavy atom. The number of halogens is 2. The summed E-state index contributed by atoms with van der Waals surface area (Å²) in [6.45, 7) is 9.49. The molecule has 1 N–H and O–H groups in total. The third-order valence-corrected chi connectivity index (χ3v) is 6.26. The van der Waals surface area contributed by atoms with Crippen LogP contribution in [0.25, 0.3) is 0 Å². The van der Waals surface area contributed by atoms with Crippen LogP contribution in [0.2, 0.25) is 10.0 Å². The van der Waals surface area contributed by atoms with Crippen molar-refractivity contribution in [2.45, 2.75) is 51.4 Å². The molecule has 0 bridgehead atoms. The first-order chi connectivity index (χ1) is 15.2. The molecule has 3 aromatic rings. The fourth-order valence-corrected chi connectivity index (χ4v) is 4.12. The van der Waals surface area contributed by atoms with Crippen molar-refractivity contribution in [2.24, 2.45) is 0 Å². The zero-order valence-electron chi connectivity index (χ0n) is 18.5. The minimum atomic E-state index is -0.207. The maximum atomic E-state index is 12.3. The quantitative estimate of drug-likeness (QED) is 0.378. The molecule has 0 unspecified atom stereocenters. The Morgan fingerprint density at radius 1 is 1.12 bits per heavy atom. The van der Waals surface area contributed by atoms with Crippen LogP contribution in [0, 0.1) is 0 Å². The lowest BCUT2D eigenvalue weighted by Gasteiger charge is -2.19. The van der Waals surface area contributed by atoms with E-state index in [9.17, 15) is 4.79 Å². The minimum Gasteiger partial charge on any atom is -0.486 e. The number of ether oxygens (including phenoxy) is 1. The van der Waals surface area contributed by atoms with Crippen LogP contribution in [-0.2, 0) is 23.4 Å². The molecular formula is C23H26Cl2N4O2S. The zero-order chi connectivity index (χ0) is 23.3. The first-order valence-corrected chi connectivity index (χ1v) is 11.9. The van der Waals surface area contributed by atoms with Crippen molar-refractivity contribution < 1.29 is 9.53 Å². The van der Waals surface area contributed by atoms with Crippen molar-refractivity contribution in [2.75, 3.05) is 11.1 Å². The third kappa shape index (κ3) is 6.40. The van der Waals surface area contributed by atoms with E-state index in [1.807, 2.05) is 23.6 Å². The fourth-order valence-electron chi connectivity index (χ4n) is 2.96.